The lowest BCUT2D eigenvalue weighted by Crippen LogP contribution is -2.12. The minimum atomic E-state index is -0.216. The van der Waals surface area contributed by atoms with Crippen LogP contribution >= 0.6 is 0 Å². The SMILES string of the molecule is COC(=O)C(C)=C1CCOCC1. The first kappa shape index (κ1) is 9.26. The van der Waals surface area contributed by atoms with E-state index < -0.39 is 0 Å². The predicted octanol–water partition coefficient (Wildman–Crippen LogP) is 1.29. The molecule has 0 atom stereocenters. The number of ether oxygens (including phenoxy) is 2. The number of methoxy groups -OCH3 is 1. The number of esters is 1. The standard InChI is InChI=1S/C9H14O3/c1-7(9(10)11-2)8-3-5-12-6-4-8/h3-6H2,1-2H3. The van der Waals surface area contributed by atoms with Crippen LogP contribution in [0.4, 0.5) is 0 Å². The van der Waals surface area contributed by atoms with Gasteiger partial charge in [0.1, 0.15) is 0 Å². The predicted molar refractivity (Wildman–Crippen MR) is 44.8 cm³/mol. The average Bonchev–Trinajstić information content (AvgIpc) is 2.17. The number of hydrogen-bond acceptors (Lipinski definition) is 3. The summed E-state index contributed by atoms with van der Waals surface area (Å²) >= 11 is 0. The van der Waals surface area contributed by atoms with Crippen LogP contribution in [0.2, 0.25) is 0 Å². The van der Waals surface area contributed by atoms with E-state index in [0.29, 0.717) is 0 Å². The van der Waals surface area contributed by atoms with Crippen LogP contribution in [0.3, 0.4) is 0 Å². The summed E-state index contributed by atoms with van der Waals surface area (Å²) in [6.45, 7) is 3.26. The molecule has 1 aliphatic heterocycles. The number of carbonyl (C=O) groups excluding carboxylic acids is 1. The van der Waals surface area contributed by atoms with Gasteiger partial charge in [0.05, 0.1) is 20.3 Å². The monoisotopic (exact) mass is 170 g/mol. The van der Waals surface area contributed by atoms with Crippen molar-refractivity contribution in [2.45, 2.75) is 19.8 Å². The number of hydrogen-bond donors (Lipinski definition) is 0. The summed E-state index contributed by atoms with van der Waals surface area (Å²) in [5, 5.41) is 0. The first-order valence-corrected chi connectivity index (χ1v) is 4.10. The first-order valence-electron chi connectivity index (χ1n) is 4.10. The van der Waals surface area contributed by atoms with Crippen molar-refractivity contribution in [3.63, 3.8) is 0 Å². The fourth-order valence-electron chi connectivity index (χ4n) is 1.29. The number of carbonyl (C=O) groups is 1. The van der Waals surface area contributed by atoms with Crippen LogP contribution in [0.15, 0.2) is 11.1 Å². The van der Waals surface area contributed by atoms with Crippen molar-refractivity contribution in [1.82, 2.24) is 0 Å². The third kappa shape index (κ3) is 2.08. The van der Waals surface area contributed by atoms with E-state index in [9.17, 15) is 4.79 Å². The Morgan fingerprint density at radius 1 is 1.42 bits per heavy atom. The van der Waals surface area contributed by atoms with Crippen molar-refractivity contribution in [2.24, 2.45) is 0 Å². The van der Waals surface area contributed by atoms with E-state index in [1.165, 1.54) is 12.7 Å². The molecule has 0 bridgehead atoms. The van der Waals surface area contributed by atoms with Gasteiger partial charge < -0.3 is 9.47 Å². The van der Waals surface area contributed by atoms with Crippen molar-refractivity contribution in [3.05, 3.63) is 11.1 Å². The maximum Gasteiger partial charge on any atom is 0.333 e. The molecule has 3 nitrogen and oxygen atoms in total. The summed E-state index contributed by atoms with van der Waals surface area (Å²) in [6.07, 6.45) is 1.72. The molecule has 1 aliphatic rings. The van der Waals surface area contributed by atoms with Gasteiger partial charge in [-0.1, -0.05) is 5.57 Å². The van der Waals surface area contributed by atoms with E-state index in [-0.39, 0.29) is 5.97 Å². The highest BCUT2D eigenvalue weighted by Crippen LogP contribution is 2.18. The topological polar surface area (TPSA) is 35.5 Å². The molecule has 0 aliphatic carbocycles. The lowest BCUT2D eigenvalue weighted by atomic mass is 10.0. The Hall–Kier alpha value is -0.830. The fourth-order valence-corrected chi connectivity index (χ4v) is 1.29. The molecule has 3 heteroatoms. The smallest absolute Gasteiger partial charge is 0.333 e. The van der Waals surface area contributed by atoms with Crippen LogP contribution in [0.5, 0.6) is 0 Å². The molecule has 12 heavy (non-hydrogen) atoms. The van der Waals surface area contributed by atoms with Gasteiger partial charge in [0.2, 0.25) is 0 Å². The van der Waals surface area contributed by atoms with Gasteiger partial charge >= 0.3 is 5.97 Å². The normalized spacial score (nSPS) is 17.3. The van der Waals surface area contributed by atoms with Gasteiger partial charge in [-0.05, 0) is 19.8 Å². The molecule has 0 aromatic rings. The van der Waals surface area contributed by atoms with Gasteiger partial charge in [-0.3, -0.25) is 0 Å². The van der Waals surface area contributed by atoms with Crippen LogP contribution in [0.1, 0.15) is 19.8 Å². The average molecular weight is 170 g/mol. The Bertz CT molecular complexity index is 198. The molecular formula is C9H14O3. The van der Waals surface area contributed by atoms with Crippen molar-refractivity contribution in [3.8, 4) is 0 Å². The maximum absolute atomic E-state index is 11.1. The van der Waals surface area contributed by atoms with Gasteiger partial charge in [0, 0.05) is 5.57 Å². The second-order valence-electron chi connectivity index (χ2n) is 2.83. The lowest BCUT2D eigenvalue weighted by Gasteiger charge is -2.16. The Morgan fingerprint density at radius 2 is 2.00 bits per heavy atom. The summed E-state index contributed by atoms with van der Waals surface area (Å²) in [7, 11) is 1.41. The Morgan fingerprint density at radius 3 is 2.50 bits per heavy atom. The van der Waals surface area contributed by atoms with Crippen molar-refractivity contribution in [2.75, 3.05) is 20.3 Å². The quantitative estimate of drug-likeness (QED) is 0.439. The molecule has 0 N–H and O–H groups in total. The van der Waals surface area contributed by atoms with E-state index in [1.54, 1.807) is 0 Å². The third-order valence-corrected chi connectivity index (χ3v) is 2.12. The highest BCUT2D eigenvalue weighted by molar-refractivity contribution is 5.88. The highest BCUT2D eigenvalue weighted by atomic mass is 16.5. The van der Waals surface area contributed by atoms with Gasteiger partial charge in [-0.25, -0.2) is 4.79 Å². The van der Waals surface area contributed by atoms with Crippen LogP contribution in [-0.4, -0.2) is 26.3 Å². The molecule has 0 radical (unpaired) electrons. The largest absolute Gasteiger partial charge is 0.466 e. The van der Waals surface area contributed by atoms with E-state index in [0.717, 1.165) is 31.6 Å². The van der Waals surface area contributed by atoms with Gasteiger partial charge in [0.15, 0.2) is 0 Å². The van der Waals surface area contributed by atoms with Crippen LogP contribution in [0.25, 0.3) is 0 Å². The minimum absolute atomic E-state index is 0.216. The molecule has 0 amide bonds. The molecular weight excluding hydrogens is 156 g/mol. The summed E-state index contributed by atoms with van der Waals surface area (Å²) in [5.74, 6) is -0.216. The molecule has 0 aromatic carbocycles. The fraction of sp³-hybridized carbons (Fsp3) is 0.667. The van der Waals surface area contributed by atoms with Crippen molar-refractivity contribution in [1.29, 1.82) is 0 Å². The second kappa shape index (κ2) is 4.26. The minimum Gasteiger partial charge on any atom is -0.466 e. The molecule has 68 valence electrons. The third-order valence-electron chi connectivity index (χ3n) is 2.12. The molecule has 1 fully saturated rings. The van der Waals surface area contributed by atoms with Crippen LogP contribution in [-0.2, 0) is 14.3 Å². The molecule has 1 saturated heterocycles. The Labute approximate surface area is 72.4 Å². The molecule has 1 rings (SSSR count). The van der Waals surface area contributed by atoms with E-state index in [2.05, 4.69) is 4.74 Å². The lowest BCUT2D eigenvalue weighted by molar-refractivity contribution is -0.136. The zero-order valence-corrected chi connectivity index (χ0v) is 7.55. The molecule has 0 saturated carbocycles. The van der Waals surface area contributed by atoms with Gasteiger partial charge in [-0.2, -0.15) is 0 Å². The van der Waals surface area contributed by atoms with Gasteiger partial charge in [0.25, 0.3) is 0 Å². The van der Waals surface area contributed by atoms with Gasteiger partial charge in [-0.15, -0.1) is 0 Å². The maximum atomic E-state index is 11.1. The van der Waals surface area contributed by atoms with E-state index in [1.807, 2.05) is 6.92 Å². The van der Waals surface area contributed by atoms with E-state index >= 15 is 0 Å². The van der Waals surface area contributed by atoms with Crippen molar-refractivity contribution < 1.29 is 14.3 Å². The summed E-state index contributed by atoms with van der Waals surface area (Å²) in [6, 6.07) is 0. The molecule has 0 aromatic heterocycles. The number of rotatable bonds is 1. The summed E-state index contributed by atoms with van der Waals surface area (Å²) in [5.41, 5.74) is 1.92. The molecule has 0 unspecified atom stereocenters. The van der Waals surface area contributed by atoms with E-state index in [4.69, 9.17) is 4.74 Å². The Balaban J connectivity index is 2.66. The Kier molecular flexibility index (Phi) is 3.29. The van der Waals surface area contributed by atoms with Crippen LogP contribution < -0.4 is 0 Å². The second-order valence-corrected chi connectivity index (χ2v) is 2.83. The zero-order valence-electron chi connectivity index (χ0n) is 7.55. The molecule has 0 spiro atoms. The van der Waals surface area contributed by atoms with Crippen LogP contribution in [0, 0.1) is 0 Å². The summed E-state index contributed by atoms with van der Waals surface area (Å²) in [4.78, 5) is 11.1. The summed E-state index contributed by atoms with van der Waals surface area (Å²) < 4.78 is 9.80. The zero-order chi connectivity index (χ0) is 8.97. The molecule has 1 heterocycles. The highest BCUT2D eigenvalue weighted by Gasteiger charge is 2.13. The van der Waals surface area contributed by atoms with Crippen molar-refractivity contribution >= 4 is 5.97 Å². The first-order chi connectivity index (χ1) is 5.75.